The predicted octanol–water partition coefficient (Wildman–Crippen LogP) is 4.40. The molecule has 0 saturated heterocycles. The summed E-state index contributed by atoms with van der Waals surface area (Å²) in [5.74, 6) is -0.659. The highest BCUT2D eigenvalue weighted by Gasteiger charge is 2.30. The first-order chi connectivity index (χ1) is 11.9. The second-order valence-electron chi connectivity index (χ2n) is 5.20. The standard InChI is InChI=1S/C17H12F3N3OS/c18-17(19,20)13-8-4-7-12(10-13)15(24)21-16-23-22-14(25-16)9-11-5-2-1-3-6-11/h1-8,10H,9H2,(H,21,23,24). The van der Waals surface area contributed by atoms with E-state index < -0.39 is 17.6 Å². The minimum absolute atomic E-state index is 0.0883. The molecule has 128 valence electrons. The number of hydrogen-bond donors (Lipinski definition) is 1. The van der Waals surface area contributed by atoms with E-state index >= 15 is 0 Å². The van der Waals surface area contributed by atoms with Crippen LogP contribution in [0.1, 0.15) is 26.5 Å². The first-order valence-corrected chi connectivity index (χ1v) is 8.08. The maximum atomic E-state index is 12.7. The van der Waals surface area contributed by atoms with Crippen LogP contribution in [0.15, 0.2) is 54.6 Å². The lowest BCUT2D eigenvalue weighted by atomic mass is 10.1. The molecule has 2 aromatic carbocycles. The molecule has 0 fully saturated rings. The van der Waals surface area contributed by atoms with Gasteiger partial charge in [-0.15, -0.1) is 10.2 Å². The van der Waals surface area contributed by atoms with Crippen LogP contribution >= 0.6 is 11.3 Å². The molecule has 0 atom stereocenters. The lowest BCUT2D eigenvalue weighted by Crippen LogP contribution is -2.13. The molecule has 8 heteroatoms. The largest absolute Gasteiger partial charge is 0.416 e. The minimum Gasteiger partial charge on any atom is -0.296 e. The Morgan fingerprint density at radius 1 is 1.04 bits per heavy atom. The van der Waals surface area contributed by atoms with Crippen molar-refractivity contribution in [1.29, 1.82) is 0 Å². The Balaban J connectivity index is 1.70. The lowest BCUT2D eigenvalue weighted by molar-refractivity contribution is -0.137. The van der Waals surface area contributed by atoms with Crippen LogP contribution in [-0.4, -0.2) is 16.1 Å². The van der Waals surface area contributed by atoms with Crippen LogP contribution in [0.3, 0.4) is 0 Å². The third kappa shape index (κ3) is 4.42. The first kappa shape index (κ1) is 17.1. The number of nitrogens with one attached hydrogen (secondary N) is 1. The number of halogens is 3. The average Bonchev–Trinajstić information content (AvgIpc) is 3.02. The molecule has 0 aliphatic carbocycles. The number of nitrogens with zero attached hydrogens (tertiary/aromatic N) is 2. The third-order valence-corrected chi connectivity index (χ3v) is 4.18. The zero-order valence-electron chi connectivity index (χ0n) is 12.7. The molecule has 0 unspecified atom stereocenters. The van der Waals surface area contributed by atoms with Crippen molar-refractivity contribution in [3.63, 3.8) is 0 Å². The molecule has 1 N–H and O–H groups in total. The second-order valence-corrected chi connectivity index (χ2v) is 6.26. The highest BCUT2D eigenvalue weighted by atomic mass is 32.1. The van der Waals surface area contributed by atoms with Crippen molar-refractivity contribution in [2.45, 2.75) is 12.6 Å². The highest BCUT2D eigenvalue weighted by molar-refractivity contribution is 7.15. The molecule has 0 aliphatic rings. The van der Waals surface area contributed by atoms with Crippen molar-refractivity contribution in [2.75, 3.05) is 5.32 Å². The second kappa shape index (κ2) is 7.02. The maximum absolute atomic E-state index is 12.7. The van der Waals surface area contributed by atoms with E-state index in [4.69, 9.17) is 0 Å². The Bertz CT molecular complexity index is 878. The Morgan fingerprint density at radius 2 is 1.80 bits per heavy atom. The number of rotatable bonds is 4. The number of anilines is 1. The van der Waals surface area contributed by atoms with Gasteiger partial charge in [0.15, 0.2) is 0 Å². The summed E-state index contributed by atoms with van der Waals surface area (Å²) in [5.41, 5.74) is 0.0891. The molecule has 1 aromatic heterocycles. The van der Waals surface area contributed by atoms with Crippen molar-refractivity contribution >= 4 is 22.4 Å². The quantitative estimate of drug-likeness (QED) is 0.747. The van der Waals surface area contributed by atoms with Gasteiger partial charge in [-0.2, -0.15) is 13.2 Å². The molecule has 0 radical (unpaired) electrons. The summed E-state index contributed by atoms with van der Waals surface area (Å²) in [6.07, 6.45) is -3.93. The van der Waals surface area contributed by atoms with Crippen LogP contribution < -0.4 is 5.32 Å². The van der Waals surface area contributed by atoms with Crippen molar-refractivity contribution < 1.29 is 18.0 Å². The fourth-order valence-corrected chi connectivity index (χ4v) is 2.92. The van der Waals surface area contributed by atoms with Crippen LogP contribution in [0.4, 0.5) is 18.3 Å². The molecule has 0 saturated carbocycles. The van der Waals surface area contributed by atoms with Gasteiger partial charge in [-0.25, -0.2) is 0 Å². The summed E-state index contributed by atoms with van der Waals surface area (Å²) in [6, 6.07) is 13.9. The monoisotopic (exact) mass is 363 g/mol. The number of carbonyl (C=O) groups excluding carboxylic acids is 1. The van der Waals surface area contributed by atoms with Crippen LogP contribution in [-0.2, 0) is 12.6 Å². The van der Waals surface area contributed by atoms with Gasteiger partial charge in [0.1, 0.15) is 5.01 Å². The van der Waals surface area contributed by atoms with Crippen LogP contribution in [0.25, 0.3) is 0 Å². The van der Waals surface area contributed by atoms with E-state index in [0.717, 1.165) is 17.7 Å². The van der Waals surface area contributed by atoms with Gasteiger partial charge in [-0.3, -0.25) is 10.1 Å². The zero-order valence-corrected chi connectivity index (χ0v) is 13.6. The van der Waals surface area contributed by atoms with Crippen molar-refractivity contribution in [2.24, 2.45) is 0 Å². The van der Waals surface area contributed by atoms with Crippen molar-refractivity contribution in [3.05, 3.63) is 76.3 Å². The van der Waals surface area contributed by atoms with E-state index in [1.165, 1.54) is 23.5 Å². The Kier molecular flexibility index (Phi) is 4.80. The molecule has 25 heavy (non-hydrogen) atoms. The molecule has 0 bridgehead atoms. The molecular weight excluding hydrogens is 351 g/mol. The van der Waals surface area contributed by atoms with Gasteiger partial charge in [-0.05, 0) is 23.8 Å². The molecule has 4 nitrogen and oxygen atoms in total. The molecule has 3 rings (SSSR count). The maximum Gasteiger partial charge on any atom is 0.416 e. The summed E-state index contributed by atoms with van der Waals surface area (Å²) < 4.78 is 38.1. The molecule has 1 amide bonds. The lowest BCUT2D eigenvalue weighted by Gasteiger charge is -2.08. The van der Waals surface area contributed by atoms with Crippen molar-refractivity contribution in [1.82, 2.24) is 10.2 Å². The number of carbonyl (C=O) groups is 1. The van der Waals surface area contributed by atoms with E-state index in [1.807, 2.05) is 30.3 Å². The molecule has 3 aromatic rings. The fraction of sp³-hybridized carbons (Fsp3) is 0.118. The van der Waals surface area contributed by atoms with Gasteiger partial charge < -0.3 is 0 Å². The van der Waals surface area contributed by atoms with E-state index in [0.29, 0.717) is 11.4 Å². The van der Waals surface area contributed by atoms with Crippen LogP contribution in [0, 0.1) is 0 Å². The zero-order chi connectivity index (χ0) is 17.9. The number of alkyl halides is 3. The topological polar surface area (TPSA) is 54.9 Å². The first-order valence-electron chi connectivity index (χ1n) is 7.27. The Labute approximate surface area is 145 Å². The Hall–Kier alpha value is -2.74. The third-order valence-electron chi connectivity index (χ3n) is 3.34. The summed E-state index contributed by atoms with van der Waals surface area (Å²) >= 11 is 1.18. The van der Waals surface area contributed by atoms with Gasteiger partial charge in [0.05, 0.1) is 5.56 Å². The summed E-state index contributed by atoms with van der Waals surface area (Å²) in [6.45, 7) is 0. The number of aromatic nitrogens is 2. The fourth-order valence-electron chi connectivity index (χ4n) is 2.15. The average molecular weight is 363 g/mol. The number of amides is 1. The minimum atomic E-state index is -4.50. The van der Waals surface area contributed by atoms with Gasteiger partial charge in [0.25, 0.3) is 5.91 Å². The van der Waals surface area contributed by atoms with E-state index in [1.54, 1.807) is 0 Å². The predicted molar refractivity (Wildman–Crippen MR) is 88.6 cm³/mol. The number of benzene rings is 2. The molecule has 1 heterocycles. The van der Waals surface area contributed by atoms with Crippen LogP contribution in [0.5, 0.6) is 0 Å². The molecule has 0 spiro atoms. The van der Waals surface area contributed by atoms with Gasteiger partial charge in [-0.1, -0.05) is 47.7 Å². The summed E-state index contributed by atoms with van der Waals surface area (Å²) in [4.78, 5) is 12.1. The van der Waals surface area contributed by atoms with Gasteiger partial charge in [0, 0.05) is 12.0 Å². The van der Waals surface area contributed by atoms with E-state index in [2.05, 4.69) is 15.5 Å². The van der Waals surface area contributed by atoms with E-state index in [-0.39, 0.29) is 10.7 Å². The molecular formula is C17H12F3N3OS. The summed E-state index contributed by atoms with van der Waals surface area (Å²) in [5, 5.41) is 11.3. The van der Waals surface area contributed by atoms with E-state index in [9.17, 15) is 18.0 Å². The number of hydrogen-bond acceptors (Lipinski definition) is 4. The summed E-state index contributed by atoms with van der Waals surface area (Å²) in [7, 11) is 0. The van der Waals surface area contributed by atoms with Crippen LogP contribution in [0.2, 0.25) is 0 Å². The Morgan fingerprint density at radius 3 is 2.52 bits per heavy atom. The molecule has 0 aliphatic heterocycles. The highest BCUT2D eigenvalue weighted by Crippen LogP contribution is 2.29. The van der Waals surface area contributed by atoms with Gasteiger partial charge >= 0.3 is 6.18 Å². The SMILES string of the molecule is O=C(Nc1nnc(Cc2ccccc2)s1)c1cccc(C(F)(F)F)c1. The normalized spacial score (nSPS) is 11.3. The van der Waals surface area contributed by atoms with Gasteiger partial charge in [0.2, 0.25) is 5.13 Å². The smallest absolute Gasteiger partial charge is 0.296 e. The van der Waals surface area contributed by atoms with Crippen molar-refractivity contribution in [3.8, 4) is 0 Å².